The first-order valence-electron chi connectivity index (χ1n) is 4.34. The fourth-order valence-electron chi connectivity index (χ4n) is 1.18. The summed E-state index contributed by atoms with van der Waals surface area (Å²) in [5.74, 6) is -0.283. The van der Waals surface area contributed by atoms with Gasteiger partial charge >= 0.3 is 6.03 Å². The van der Waals surface area contributed by atoms with Gasteiger partial charge in [0.05, 0.1) is 5.75 Å². The molecule has 0 aliphatic rings. The molecule has 88 valence electrons. The largest absolute Gasteiger partial charge is 0.351 e. The maximum atomic E-state index is 10.9. The van der Waals surface area contributed by atoms with Crippen molar-refractivity contribution in [1.29, 1.82) is 0 Å². The predicted molar refractivity (Wildman–Crippen MR) is 62.9 cm³/mol. The van der Waals surface area contributed by atoms with E-state index in [1.54, 1.807) is 24.3 Å². The Balaban J connectivity index is 3.00. The molecule has 0 aliphatic heterocycles. The highest BCUT2D eigenvalue weighted by molar-refractivity contribution is 8.13. The van der Waals surface area contributed by atoms with Gasteiger partial charge in [-0.05, 0) is 17.7 Å². The summed E-state index contributed by atoms with van der Waals surface area (Å²) in [5, 5.41) is 0. The van der Waals surface area contributed by atoms with E-state index in [2.05, 4.69) is 0 Å². The summed E-state index contributed by atoms with van der Waals surface area (Å²) < 4.78 is 21.8. The lowest BCUT2D eigenvalue weighted by molar-refractivity contribution is 0.255. The molecule has 0 radical (unpaired) electrons. The Hall–Kier alpha value is -1.27. The van der Waals surface area contributed by atoms with Crippen molar-refractivity contribution in [3.63, 3.8) is 0 Å². The number of amides is 2. The van der Waals surface area contributed by atoms with Crippen LogP contribution in [-0.4, -0.2) is 21.5 Å². The number of anilines is 1. The van der Waals surface area contributed by atoms with E-state index >= 15 is 0 Å². The van der Waals surface area contributed by atoms with Crippen molar-refractivity contribution in [3.05, 3.63) is 29.8 Å². The zero-order valence-corrected chi connectivity index (χ0v) is 10.1. The van der Waals surface area contributed by atoms with Crippen LogP contribution in [0.1, 0.15) is 5.56 Å². The Morgan fingerprint density at radius 2 is 2.12 bits per heavy atom. The van der Waals surface area contributed by atoms with Gasteiger partial charge in [-0.3, -0.25) is 4.90 Å². The minimum atomic E-state index is -3.60. The lowest BCUT2D eigenvalue weighted by Crippen LogP contribution is -2.31. The molecule has 7 heteroatoms. The lowest BCUT2D eigenvalue weighted by Gasteiger charge is -2.14. The zero-order chi connectivity index (χ0) is 12.3. The first-order valence-corrected chi connectivity index (χ1v) is 6.82. The van der Waals surface area contributed by atoms with E-state index in [1.165, 1.54) is 11.9 Å². The molecule has 0 fully saturated rings. The monoisotopic (exact) mass is 262 g/mol. The van der Waals surface area contributed by atoms with Crippen molar-refractivity contribution < 1.29 is 13.2 Å². The molecule has 1 aromatic rings. The lowest BCUT2D eigenvalue weighted by atomic mass is 10.2. The molecule has 2 N–H and O–H groups in total. The van der Waals surface area contributed by atoms with E-state index in [9.17, 15) is 13.2 Å². The Bertz CT molecular complexity index is 501. The molecule has 0 spiro atoms. The first kappa shape index (κ1) is 12.8. The maximum Gasteiger partial charge on any atom is 0.318 e. The number of nitrogens with two attached hydrogens (primary N) is 1. The highest BCUT2D eigenvalue weighted by Gasteiger charge is 2.10. The standard InChI is InChI=1S/C9H11ClN2O3S/c1-12(9(11)13)8-4-2-3-7(5-8)6-16(10,14)15/h2-5H,6H2,1H3,(H2,11,13). The molecule has 0 saturated carbocycles. The normalized spacial score (nSPS) is 11.1. The van der Waals surface area contributed by atoms with Crippen molar-refractivity contribution in [2.45, 2.75) is 5.75 Å². The highest BCUT2D eigenvalue weighted by Crippen LogP contribution is 2.17. The molecule has 0 heterocycles. The molecule has 16 heavy (non-hydrogen) atoms. The molecule has 1 aromatic carbocycles. The Labute approximate surface area is 98.2 Å². The third kappa shape index (κ3) is 3.71. The summed E-state index contributed by atoms with van der Waals surface area (Å²) in [5.41, 5.74) is 6.11. The average molecular weight is 263 g/mol. The second kappa shape index (κ2) is 4.71. The molecule has 0 aromatic heterocycles. The molecule has 5 nitrogen and oxygen atoms in total. The Morgan fingerprint density at radius 3 is 2.62 bits per heavy atom. The SMILES string of the molecule is CN(C(N)=O)c1cccc(CS(=O)(=O)Cl)c1. The van der Waals surface area contributed by atoms with Gasteiger partial charge in [-0.1, -0.05) is 12.1 Å². The molecular formula is C9H11ClN2O3S. The number of benzene rings is 1. The van der Waals surface area contributed by atoms with E-state index < -0.39 is 15.1 Å². The minimum absolute atomic E-state index is 0.283. The van der Waals surface area contributed by atoms with Crippen LogP contribution in [0.5, 0.6) is 0 Å². The molecule has 1 rings (SSSR count). The molecule has 0 unspecified atom stereocenters. The molecular weight excluding hydrogens is 252 g/mol. The fourth-order valence-corrected chi connectivity index (χ4v) is 2.14. The van der Waals surface area contributed by atoms with Gasteiger partial charge in [-0.15, -0.1) is 0 Å². The summed E-state index contributed by atoms with van der Waals surface area (Å²) >= 11 is 0. The molecule has 0 saturated heterocycles. The predicted octanol–water partition coefficient (Wildman–Crippen LogP) is 1.27. The van der Waals surface area contributed by atoms with Gasteiger partial charge in [-0.25, -0.2) is 13.2 Å². The van der Waals surface area contributed by atoms with Gasteiger partial charge in [0.2, 0.25) is 9.05 Å². The molecule has 0 bridgehead atoms. The fraction of sp³-hybridized carbons (Fsp3) is 0.222. The van der Waals surface area contributed by atoms with E-state index in [0.717, 1.165) is 0 Å². The van der Waals surface area contributed by atoms with Crippen molar-refractivity contribution in [1.82, 2.24) is 0 Å². The van der Waals surface area contributed by atoms with Crippen LogP contribution in [0.15, 0.2) is 24.3 Å². The van der Waals surface area contributed by atoms with Crippen LogP contribution in [0.3, 0.4) is 0 Å². The van der Waals surface area contributed by atoms with Gasteiger partial charge in [0.15, 0.2) is 0 Å². The van der Waals surface area contributed by atoms with Gasteiger partial charge in [0, 0.05) is 23.4 Å². The number of hydrogen-bond donors (Lipinski definition) is 1. The average Bonchev–Trinajstić information content (AvgIpc) is 2.14. The summed E-state index contributed by atoms with van der Waals surface area (Å²) in [7, 11) is 3.02. The second-order valence-electron chi connectivity index (χ2n) is 3.25. The molecule has 2 amide bonds. The minimum Gasteiger partial charge on any atom is -0.351 e. The Kier molecular flexibility index (Phi) is 3.77. The number of hydrogen-bond acceptors (Lipinski definition) is 3. The van der Waals surface area contributed by atoms with Crippen LogP contribution in [0, 0.1) is 0 Å². The van der Waals surface area contributed by atoms with Crippen LogP contribution in [-0.2, 0) is 14.8 Å². The highest BCUT2D eigenvalue weighted by atomic mass is 35.7. The van der Waals surface area contributed by atoms with E-state index in [4.69, 9.17) is 16.4 Å². The topological polar surface area (TPSA) is 80.5 Å². The Morgan fingerprint density at radius 1 is 1.50 bits per heavy atom. The van der Waals surface area contributed by atoms with Crippen LogP contribution in [0.2, 0.25) is 0 Å². The second-order valence-corrected chi connectivity index (χ2v) is 6.03. The van der Waals surface area contributed by atoms with Crippen molar-refractivity contribution in [2.75, 3.05) is 11.9 Å². The number of carbonyl (C=O) groups is 1. The van der Waals surface area contributed by atoms with Gasteiger partial charge in [0.1, 0.15) is 0 Å². The molecule has 0 atom stereocenters. The molecule has 0 aliphatic carbocycles. The van der Waals surface area contributed by atoms with Crippen molar-refractivity contribution in [2.24, 2.45) is 5.73 Å². The third-order valence-corrected chi connectivity index (χ3v) is 2.97. The van der Waals surface area contributed by atoms with Gasteiger partial charge < -0.3 is 5.73 Å². The number of primary amides is 1. The van der Waals surface area contributed by atoms with E-state index in [-0.39, 0.29) is 5.75 Å². The smallest absolute Gasteiger partial charge is 0.318 e. The number of urea groups is 1. The quantitative estimate of drug-likeness (QED) is 0.833. The van der Waals surface area contributed by atoms with Gasteiger partial charge in [0.25, 0.3) is 0 Å². The van der Waals surface area contributed by atoms with E-state index in [1.807, 2.05) is 0 Å². The number of halogens is 1. The van der Waals surface area contributed by atoms with Crippen LogP contribution in [0.25, 0.3) is 0 Å². The van der Waals surface area contributed by atoms with Crippen LogP contribution >= 0.6 is 10.7 Å². The number of nitrogens with zero attached hydrogens (tertiary/aromatic N) is 1. The van der Waals surface area contributed by atoms with Crippen molar-refractivity contribution >= 4 is 31.5 Å². The van der Waals surface area contributed by atoms with E-state index in [0.29, 0.717) is 11.3 Å². The third-order valence-electron chi connectivity index (χ3n) is 1.97. The van der Waals surface area contributed by atoms with Gasteiger partial charge in [-0.2, -0.15) is 0 Å². The summed E-state index contributed by atoms with van der Waals surface area (Å²) in [6, 6.07) is 5.82. The van der Waals surface area contributed by atoms with Crippen LogP contribution < -0.4 is 10.6 Å². The number of rotatable bonds is 3. The van der Waals surface area contributed by atoms with Crippen LogP contribution in [0.4, 0.5) is 10.5 Å². The summed E-state index contributed by atoms with van der Waals surface area (Å²) in [6.07, 6.45) is 0. The summed E-state index contributed by atoms with van der Waals surface area (Å²) in [6.45, 7) is 0. The summed E-state index contributed by atoms with van der Waals surface area (Å²) in [4.78, 5) is 12.1. The first-order chi connectivity index (χ1) is 7.29. The zero-order valence-electron chi connectivity index (χ0n) is 8.55. The maximum absolute atomic E-state index is 10.9. The number of carbonyl (C=O) groups excluding carboxylic acids is 1. The van der Waals surface area contributed by atoms with Crippen molar-refractivity contribution in [3.8, 4) is 0 Å².